The summed E-state index contributed by atoms with van der Waals surface area (Å²) in [5.74, 6) is 1.10. The molecule has 0 unspecified atom stereocenters. The zero-order chi connectivity index (χ0) is 14.0. The molecule has 0 saturated heterocycles. The Morgan fingerprint density at radius 1 is 1.26 bits per heavy atom. The normalized spacial score (nSPS) is 10.3. The number of aryl methyl sites for hydroxylation is 2. The van der Waals surface area contributed by atoms with Crippen molar-refractivity contribution in [3.8, 4) is 11.5 Å². The summed E-state index contributed by atoms with van der Waals surface area (Å²) >= 11 is 3.32. The Kier molecular flexibility index (Phi) is 3.80. The van der Waals surface area contributed by atoms with Crippen molar-refractivity contribution in [3.05, 3.63) is 56.3 Å². The Labute approximate surface area is 118 Å². The quantitative estimate of drug-likeness (QED) is 0.483. The number of nitro groups is 1. The zero-order valence-electron chi connectivity index (χ0n) is 10.4. The van der Waals surface area contributed by atoms with E-state index in [0.29, 0.717) is 21.7 Å². The van der Waals surface area contributed by atoms with Gasteiger partial charge < -0.3 is 4.74 Å². The first-order valence-corrected chi connectivity index (χ1v) is 6.32. The van der Waals surface area contributed by atoms with E-state index in [4.69, 9.17) is 4.74 Å². The van der Waals surface area contributed by atoms with Gasteiger partial charge in [0.05, 0.1) is 4.92 Å². The minimum absolute atomic E-state index is 0.0773. The molecule has 0 aliphatic carbocycles. The number of hydrogen-bond donors (Lipinski definition) is 0. The highest BCUT2D eigenvalue weighted by Gasteiger charge is 2.12. The van der Waals surface area contributed by atoms with E-state index in [0.717, 1.165) is 5.69 Å². The maximum absolute atomic E-state index is 10.7. The molecule has 1 aromatic heterocycles. The fraction of sp³-hybridized carbons (Fsp3) is 0.154. The summed E-state index contributed by atoms with van der Waals surface area (Å²) in [5.41, 5.74) is 1.51. The lowest BCUT2D eigenvalue weighted by Gasteiger charge is -2.08. The number of benzene rings is 1. The van der Waals surface area contributed by atoms with Gasteiger partial charge in [0.1, 0.15) is 10.4 Å². The lowest BCUT2D eigenvalue weighted by Crippen LogP contribution is -1.93. The molecule has 1 aromatic carbocycles. The van der Waals surface area contributed by atoms with Crippen LogP contribution in [0.5, 0.6) is 11.5 Å². The monoisotopic (exact) mass is 322 g/mol. The highest BCUT2D eigenvalue weighted by atomic mass is 79.9. The minimum Gasteiger partial charge on any atom is -0.455 e. The number of hydrogen-bond acceptors (Lipinski definition) is 4. The lowest BCUT2D eigenvalue weighted by atomic mass is 10.2. The van der Waals surface area contributed by atoms with Crippen LogP contribution in [0.3, 0.4) is 0 Å². The molecule has 0 spiro atoms. The third-order valence-corrected chi connectivity index (χ3v) is 3.11. The number of nitrogens with zero attached hydrogens (tertiary/aromatic N) is 2. The summed E-state index contributed by atoms with van der Waals surface area (Å²) in [4.78, 5) is 14.5. The smallest absolute Gasteiger partial charge is 0.272 e. The summed E-state index contributed by atoms with van der Waals surface area (Å²) in [6.45, 7) is 3.55. The summed E-state index contributed by atoms with van der Waals surface area (Å²) in [5, 5.41) is 10.7. The lowest BCUT2D eigenvalue weighted by molar-refractivity contribution is -0.385. The predicted molar refractivity (Wildman–Crippen MR) is 74.6 cm³/mol. The Balaban J connectivity index is 2.29. The average Bonchev–Trinajstić information content (AvgIpc) is 2.32. The fourth-order valence-corrected chi connectivity index (χ4v) is 2.10. The Hall–Kier alpha value is -1.95. The summed E-state index contributed by atoms with van der Waals surface area (Å²) in [6.07, 6.45) is 0. The maximum atomic E-state index is 10.7. The molecule has 2 rings (SSSR count). The zero-order valence-corrected chi connectivity index (χ0v) is 12.0. The minimum atomic E-state index is -0.414. The molecule has 0 N–H and O–H groups in total. The van der Waals surface area contributed by atoms with E-state index in [1.807, 2.05) is 13.0 Å². The van der Waals surface area contributed by atoms with Gasteiger partial charge in [0.25, 0.3) is 5.69 Å². The number of ether oxygens (including phenoxy) is 1. The van der Waals surface area contributed by atoms with Crippen molar-refractivity contribution in [2.75, 3.05) is 0 Å². The van der Waals surface area contributed by atoms with Crippen molar-refractivity contribution in [1.82, 2.24) is 4.98 Å². The van der Waals surface area contributed by atoms with Crippen LogP contribution >= 0.6 is 15.9 Å². The molecule has 98 valence electrons. The second-order valence-electron chi connectivity index (χ2n) is 4.05. The number of aromatic nitrogens is 1. The number of halogens is 1. The van der Waals surface area contributed by atoms with Crippen LogP contribution in [0.2, 0.25) is 0 Å². The molecule has 0 aliphatic rings. The molecular weight excluding hydrogens is 312 g/mol. The predicted octanol–water partition coefficient (Wildman–Crippen LogP) is 4.16. The van der Waals surface area contributed by atoms with Crippen molar-refractivity contribution in [2.45, 2.75) is 13.8 Å². The van der Waals surface area contributed by atoms with Gasteiger partial charge in [-0.3, -0.25) is 10.1 Å². The Morgan fingerprint density at radius 2 is 2.00 bits per heavy atom. The van der Waals surface area contributed by atoms with Crippen molar-refractivity contribution in [2.24, 2.45) is 0 Å². The van der Waals surface area contributed by atoms with Crippen LogP contribution in [0.4, 0.5) is 5.69 Å². The van der Waals surface area contributed by atoms with Crippen LogP contribution in [-0.2, 0) is 0 Å². The van der Waals surface area contributed by atoms with E-state index in [-0.39, 0.29) is 5.69 Å². The topological polar surface area (TPSA) is 65.3 Å². The number of rotatable bonds is 3. The fourth-order valence-electron chi connectivity index (χ4n) is 1.61. The van der Waals surface area contributed by atoms with E-state index in [2.05, 4.69) is 20.9 Å². The molecule has 2 aromatic rings. The summed E-state index contributed by atoms with van der Waals surface area (Å²) in [7, 11) is 0. The van der Waals surface area contributed by atoms with Crippen molar-refractivity contribution in [3.63, 3.8) is 0 Å². The van der Waals surface area contributed by atoms with Crippen molar-refractivity contribution in [1.29, 1.82) is 0 Å². The van der Waals surface area contributed by atoms with Gasteiger partial charge in [0.15, 0.2) is 5.75 Å². The van der Waals surface area contributed by atoms with Gasteiger partial charge in [-0.1, -0.05) is 0 Å². The van der Waals surface area contributed by atoms with Gasteiger partial charge in [-0.15, -0.1) is 0 Å². The number of pyridine rings is 1. The largest absolute Gasteiger partial charge is 0.455 e. The first-order chi connectivity index (χ1) is 8.97. The Bertz CT molecular complexity index is 644. The van der Waals surface area contributed by atoms with Crippen LogP contribution < -0.4 is 4.74 Å². The molecule has 1 heterocycles. The van der Waals surface area contributed by atoms with E-state index >= 15 is 0 Å². The van der Waals surface area contributed by atoms with E-state index < -0.39 is 4.92 Å². The average molecular weight is 323 g/mol. The summed E-state index contributed by atoms with van der Waals surface area (Å²) < 4.78 is 6.25. The van der Waals surface area contributed by atoms with Gasteiger partial charge in [-0.05, 0) is 54.0 Å². The molecule has 6 heteroatoms. The van der Waals surface area contributed by atoms with E-state index in [9.17, 15) is 10.1 Å². The Morgan fingerprint density at radius 3 is 2.58 bits per heavy atom. The van der Waals surface area contributed by atoms with Crippen LogP contribution in [-0.4, -0.2) is 9.91 Å². The molecular formula is C13H11BrN2O3. The molecule has 5 nitrogen and oxygen atoms in total. The first-order valence-electron chi connectivity index (χ1n) is 5.53. The van der Waals surface area contributed by atoms with E-state index in [1.54, 1.807) is 25.1 Å². The van der Waals surface area contributed by atoms with Crippen LogP contribution in [0.15, 0.2) is 34.9 Å². The second kappa shape index (κ2) is 5.36. The molecule has 0 aliphatic heterocycles. The van der Waals surface area contributed by atoms with Crippen LogP contribution in [0.1, 0.15) is 11.3 Å². The molecule has 0 saturated carbocycles. The van der Waals surface area contributed by atoms with Gasteiger partial charge in [-0.25, -0.2) is 4.98 Å². The SMILES string of the molecule is Cc1ccc(Oc2ccc([N+](=O)[O-])c(C)c2)c(Br)n1. The summed E-state index contributed by atoms with van der Waals surface area (Å²) in [6, 6.07) is 8.25. The first kappa shape index (κ1) is 13.5. The maximum Gasteiger partial charge on any atom is 0.272 e. The third kappa shape index (κ3) is 3.08. The highest BCUT2D eigenvalue weighted by Crippen LogP contribution is 2.30. The van der Waals surface area contributed by atoms with Gasteiger partial charge in [-0.2, -0.15) is 0 Å². The van der Waals surface area contributed by atoms with Gasteiger partial charge in [0.2, 0.25) is 0 Å². The molecule has 0 bridgehead atoms. The van der Waals surface area contributed by atoms with Crippen LogP contribution in [0.25, 0.3) is 0 Å². The molecule has 0 radical (unpaired) electrons. The molecule has 0 amide bonds. The standard InChI is InChI=1S/C13H11BrN2O3/c1-8-7-10(4-5-11(8)16(17)18)19-12-6-3-9(2)15-13(12)14/h3-7H,1-2H3. The van der Waals surface area contributed by atoms with Gasteiger partial charge in [0, 0.05) is 17.3 Å². The molecule has 0 fully saturated rings. The third-order valence-electron chi connectivity index (χ3n) is 2.55. The van der Waals surface area contributed by atoms with E-state index in [1.165, 1.54) is 6.07 Å². The van der Waals surface area contributed by atoms with Crippen LogP contribution in [0, 0.1) is 24.0 Å². The van der Waals surface area contributed by atoms with Crippen molar-refractivity contribution >= 4 is 21.6 Å². The van der Waals surface area contributed by atoms with Gasteiger partial charge >= 0.3 is 0 Å². The second-order valence-corrected chi connectivity index (χ2v) is 4.80. The molecule has 19 heavy (non-hydrogen) atoms. The highest BCUT2D eigenvalue weighted by molar-refractivity contribution is 9.10. The molecule has 0 atom stereocenters. The van der Waals surface area contributed by atoms with Crippen molar-refractivity contribution < 1.29 is 9.66 Å². The number of nitro benzene ring substituents is 1.